The van der Waals surface area contributed by atoms with Gasteiger partial charge in [-0.3, -0.25) is 0 Å². The number of aromatic nitrogens is 2. The van der Waals surface area contributed by atoms with Gasteiger partial charge in [-0.25, -0.2) is 9.97 Å². The Morgan fingerprint density at radius 3 is 2.35 bits per heavy atom. The van der Waals surface area contributed by atoms with Crippen LogP contribution in [0.1, 0.15) is 37.1 Å². The van der Waals surface area contributed by atoms with E-state index in [0.29, 0.717) is 19.0 Å². The molecule has 0 atom stereocenters. The van der Waals surface area contributed by atoms with Crippen molar-refractivity contribution < 1.29 is 10.2 Å². The molecule has 0 bridgehead atoms. The van der Waals surface area contributed by atoms with Crippen molar-refractivity contribution in [1.29, 1.82) is 0 Å². The zero-order valence-corrected chi connectivity index (χ0v) is 12.3. The van der Waals surface area contributed by atoms with E-state index in [1.807, 2.05) is 18.7 Å². The van der Waals surface area contributed by atoms with Gasteiger partial charge in [0.25, 0.3) is 0 Å². The zero-order chi connectivity index (χ0) is 14.5. The van der Waals surface area contributed by atoms with Crippen LogP contribution in [0, 0.1) is 6.92 Å². The molecule has 0 aliphatic heterocycles. The molecule has 0 amide bonds. The molecular formula is C14H24N4O2. The number of aliphatic hydroxyl groups is 2. The van der Waals surface area contributed by atoms with Gasteiger partial charge < -0.3 is 20.4 Å². The summed E-state index contributed by atoms with van der Waals surface area (Å²) in [6, 6.07) is 0. The Morgan fingerprint density at radius 2 is 1.85 bits per heavy atom. The number of rotatable bonds is 8. The van der Waals surface area contributed by atoms with Crippen LogP contribution in [0.5, 0.6) is 0 Å². The number of hydrogen-bond donors (Lipinski definition) is 3. The molecule has 6 heteroatoms. The molecule has 20 heavy (non-hydrogen) atoms. The van der Waals surface area contributed by atoms with Gasteiger partial charge in [-0.2, -0.15) is 0 Å². The van der Waals surface area contributed by atoms with Crippen molar-refractivity contribution in [3.8, 4) is 0 Å². The van der Waals surface area contributed by atoms with Gasteiger partial charge in [-0.05, 0) is 26.7 Å². The molecule has 0 saturated heterocycles. The lowest BCUT2D eigenvalue weighted by atomic mass is 10.2. The maximum atomic E-state index is 9.20. The number of aliphatic hydroxyl groups excluding tert-OH is 2. The Hall–Kier alpha value is -1.40. The van der Waals surface area contributed by atoms with E-state index >= 15 is 0 Å². The molecule has 1 aliphatic carbocycles. The van der Waals surface area contributed by atoms with Gasteiger partial charge in [0.1, 0.15) is 17.5 Å². The highest BCUT2D eigenvalue weighted by Gasteiger charge is 2.29. The van der Waals surface area contributed by atoms with E-state index in [0.717, 1.165) is 42.4 Å². The molecule has 112 valence electrons. The van der Waals surface area contributed by atoms with E-state index in [4.69, 9.17) is 0 Å². The lowest BCUT2D eigenvalue weighted by molar-refractivity contribution is 0.280. The third kappa shape index (κ3) is 3.37. The summed E-state index contributed by atoms with van der Waals surface area (Å²) in [6.07, 6.45) is 2.29. The first-order chi connectivity index (χ1) is 9.71. The molecule has 1 heterocycles. The highest BCUT2D eigenvalue weighted by molar-refractivity contribution is 5.59. The molecule has 2 rings (SSSR count). The van der Waals surface area contributed by atoms with Crippen LogP contribution >= 0.6 is 0 Å². The Kier molecular flexibility index (Phi) is 5.14. The van der Waals surface area contributed by atoms with Crippen LogP contribution in [0.4, 0.5) is 11.6 Å². The molecule has 0 spiro atoms. The summed E-state index contributed by atoms with van der Waals surface area (Å²) in [7, 11) is 0. The van der Waals surface area contributed by atoms with Crippen molar-refractivity contribution in [3.63, 3.8) is 0 Å². The van der Waals surface area contributed by atoms with E-state index < -0.39 is 0 Å². The molecule has 6 nitrogen and oxygen atoms in total. The first-order valence-electron chi connectivity index (χ1n) is 7.30. The lowest BCUT2D eigenvalue weighted by Crippen LogP contribution is -2.31. The summed E-state index contributed by atoms with van der Waals surface area (Å²) in [5, 5.41) is 21.7. The minimum Gasteiger partial charge on any atom is -0.395 e. The molecule has 1 fully saturated rings. The summed E-state index contributed by atoms with van der Waals surface area (Å²) in [4.78, 5) is 11.2. The first kappa shape index (κ1) is 15.0. The minimum atomic E-state index is 0.0404. The molecule has 1 aliphatic rings. The molecule has 0 radical (unpaired) electrons. The third-order valence-electron chi connectivity index (χ3n) is 3.46. The van der Waals surface area contributed by atoms with Crippen LogP contribution in [0.15, 0.2) is 0 Å². The summed E-state index contributed by atoms with van der Waals surface area (Å²) >= 11 is 0. The van der Waals surface area contributed by atoms with Crippen molar-refractivity contribution in [3.05, 3.63) is 11.4 Å². The van der Waals surface area contributed by atoms with E-state index in [9.17, 15) is 10.2 Å². The van der Waals surface area contributed by atoms with Gasteiger partial charge >= 0.3 is 0 Å². The summed E-state index contributed by atoms with van der Waals surface area (Å²) < 4.78 is 0. The van der Waals surface area contributed by atoms with Crippen molar-refractivity contribution in [2.75, 3.05) is 43.1 Å². The SMILES string of the molecule is CCNc1nc(C2CC2)nc(N(CCO)CCO)c1C. The Bertz CT molecular complexity index is 443. The number of anilines is 2. The van der Waals surface area contributed by atoms with E-state index in [2.05, 4.69) is 15.3 Å². The number of hydrogen-bond acceptors (Lipinski definition) is 6. The summed E-state index contributed by atoms with van der Waals surface area (Å²) in [6.45, 7) is 5.84. The van der Waals surface area contributed by atoms with Gasteiger partial charge in [-0.15, -0.1) is 0 Å². The summed E-state index contributed by atoms with van der Waals surface area (Å²) in [5.74, 6) is 3.03. The van der Waals surface area contributed by atoms with E-state index in [-0.39, 0.29) is 13.2 Å². The second-order valence-corrected chi connectivity index (χ2v) is 5.12. The number of nitrogens with zero attached hydrogens (tertiary/aromatic N) is 3. The van der Waals surface area contributed by atoms with Crippen molar-refractivity contribution >= 4 is 11.6 Å². The molecule has 0 unspecified atom stereocenters. The van der Waals surface area contributed by atoms with Crippen LogP contribution in [0.25, 0.3) is 0 Å². The monoisotopic (exact) mass is 280 g/mol. The Labute approximate surface area is 119 Å². The average molecular weight is 280 g/mol. The van der Waals surface area contributed by atoms with E-state index in [1.54, 1.807) is 0 Å². The van der Waals surface area contributed by atoms with Crippen molar-refractivity contribution in [1.82, 2.24) is 9.97 Å². The van der Waals surface area contributed by atoms with E-state index in [1.165, 1.54) is 0 Å². The maximum Gasteiger partial charge on any atom is 0.137 e. The van der Waals surface area contributed by atoms with Crippen molar-refractivity contribution in [2.45, 2.75) is 32.6 Å². The average Bonchev–Trinajstić information content (AvgIpc) is 3.26. The van der Waals surface area contributed by atoms with Gasteiger partial charge in [-0.1, -0.05) is 0 Å². The van der Waals surface area contributed by atoms with Gasteiger partial charge in [0, 0.05) is 31.1 Å². The largest absolute Gasteiger partial charge is 0.395 e. The van der Waals surface area contributed by atoms with Crippen LogP contribution in [-0.2, 0) is 0 Å². The molecule has 1 aromatic rings. The van der Waals surface area contributed by atoms with Crippen LogP contribution in [0.2, 0.25) is 0 Å². The normalized spacial score (nSPS) is 14.4. The quantitative estimate of drug-likeness (QED) is 0.656. The second kappa shape index (κ2) is 6.85. The van der Waals surface area contributed by atoms with Gasteiger partial charge in [0.05, 0.1) is 13.2 Å². The fraction of sp³-hybridized carbons (Fsp3) is 0.714. The highest BCUT2D eigenvalue weighted by Crippen LogP contribution is 2.40. The summed E-state index contributed by atoms with van der Waals surface area (Å²) in [5.41, 5.74) is 0.971. The minimum absolute atomic E-state index is 0.0404. The zero-order valence-electron chi connectivity index (χ0n) is 12.3. The Balaban J connectivity index is 2.37. The molecule has 3 N–H and O–H groups in total. The fourth-order valence-electron chi connectivity index (χ4n) is 2.26. The van der Waals surface area contributed by atoms with Crippen LogP contribution in [0.3, 0.4) is 0 Å². The van der Waals surface area contributed by atoms with Crippen LogP contribution < -0.4 is 10.2 Å². The third-order valence-corrected chi connectivity index (χ3v) is 3.46. The van der Waals surface area contributed by atoms with Gasteiger partial charge in [0.2, 0.25) is 0 Å². The van der Waals surface area contributed by atoms with Crippen molar-refractivity contribution in [2.24, 2.45) is 0 Å². The second-order valence-electron chi connectivity index (χ2n) is 5.12. The predicted molar refractivity (Wildman–Crippen MR) is 79.3 cm³/mol. The van der Waals surface area contributed by atoms with Crippen LogP contribution in [-0.4, -0.2) is 53.0 Å². The number of nitrogens with one attached hydrogen (secondary N) is 1. The lowest BCUT2D eigenvalue weighted by Gasteiger charge is -2.25. The highest BCUT2D eigenvalue weighted by atomic mass is 16.3. The predicted octanol–water partition coefficient (Wildman–Crippen LogP) is 0.885. The maximum absolute atomic E-state index is 9.20. The van der Waals surface area contributed by atoms with Gasteiger partial charge in [0.15, 0.2) is 0 Å². The standard InChI is InChI=1S/C14H24N4O2/c1-3-15-12-10(2)14(18(6-8-19)7-9-20)17-13(16-12)11-4-5-11/h11,19-20H,3-9H2,1-2H3,(H,15,16,17). The Morgan fingerprint density at radius 1 is 1.20 bits per heavy atom. The topological polar surface area (TPSA) is 81.5 Å². The molecule has 1 aromatic heterocycles. The molecule has 0 aromatic carbocycles. The first-order valence-corrected chi connectivity index (χ1v) is 7.30. The molecular weight excluding hydrogens is 256 g/mol. The smallest absolute Gasteiger partial charge is 0.137 e. The fourth-order valence-corrected chi connectivity index (χ4v) is 2.26. The molecule has 1 saturated carbocycles.